The van der Waals surface area contributed by atoms with Gasteiger partial charge < -0.3 is 9.84 Å². The molecule has 24 heavy (non-hydrogen) atoms. The SMILES string of the molecule is Cc1ccc(CN(Cc2ccc(F)cc2)CC(O)COC(C)C)s1. The number of benzene rings is 1. The molecule has 0 fully saturated rings. The lowest BCUT2D eigenvalue weighted by molar-refractivity contribution is -0.0105. The monoisotopic (exact) mass is 351 g/mol. The van der Waals surface area contributed by atoms with Gasteiger partial charge >= 0.3 is 0 Å². The molecule has 1 aromatic heterocycles. The van der Waals surface area contributed by atoms with Crippen LogP contribution >= 0.6 is 11.3 Å². The van der Waals surface area contributed by atoms with Gasteiger partial charge in [0, 0.05) is 29.4 Å². The minimum atomic E-state index is -0.547. The van der Waals surface area contributed by atoms with Crippen LogP contribution in [0.3, 0.4) is 0 Å². The van der Waals surface area contributed by atoms with Crippen LogP contribution in [0.2, 0.25) is 0 Å². The Kier molecular flexibility index (Phi) is 7.37. The van der Waals surface area contributed by atoms with Crippen LogP contribution in [0.1, 0.15) is 29.2 Å². The molecule has 5 heteroatoms. The van der Waals surface area contributed by atoms with Crippen molar-refractivity contribution in [3.05, 3.63) is 57.5 Å². The smallest absolute Gasteiger partial charge is 0.123 e. The molecular formula is C19H26FNO2S. The van der Waals surface area contributed by atoms with Gasteiger partial charge in [0.2, 0.25) is 0 Å². The van der Waals surface area contributed by atoms with Crippen LogP contribution in [-0.2, 0) is 17.8 Å². The predicted molar refractivity (Wildman–Crippen MR) is 96.7 cm³/mol. The molecule has 0 bridgehead atoms. The third-order valence-electron chi connectivity index (χ3n) is 3.59. The molecule has 2 aromatic rings. The Balaban J connectivity index is 2.01. The lowest BCUT2D eigenvalue weighted by Gasteiger charge is -2.25. The predicted octanol–water partition coefficient (Wildman–Crippen LogP) is 3.98. The van der Waals surface area contributed by atoms with Gasteiger partial charge in [0.15, 0.2) is 0 Å². The Morgan fingerprint density at radius 1 is 1.12 bits per heavy atom. The van der Waals surface area contributed by atoms with Gasteiger partial charge in [-0.3, -0.25) is 4.90 Å². The molecule has 0 radical (unpaired) electrons. The van der Waals surface area contributed by atoms with Crippen molar-refractivity contribution in [3.63, 3.8) is 0 Å². The Morgan fingerprint density at radius 3 is 2.42 bits per heavy atom. The van der Waals surface area contributed by atoms with Gasteiger partial charge in [-0.25, -0.2) is 4.39 Å². The van der Waals surface area contributed by atoms with E-state index in [0.717, 1.165) is 12.1 Å². The third-order valence-corrected chi connectivity index (χ3v) is 4.57. The summed E-state index contributed by atoms with van der Waals surface area (Å²) in [6.45, 7) is 8.26. The number of aryl methyl sites for hydroxylation is 1. The van der Waals surface area contributed by atoms with E-state index in [1.165, 1.54) is 21.9 Å². The second-order valence-corrected chi connectivity index (χ2v) is 7.72. The third kappa shape index (κ3) is 6.69. The van der Waals surface area contributed by atoms with E-state index < -0.39 is 6.10 Å². The zero-order valence-electron chi connectivity index (χ0n) is 14.5. The van der Waals surface area contributed by atoms with E-state index in [2.05, 4.69) is 24.0 Å². The Bertz CT molecular complexity index is 612. The number of rotatable bonds is 9. The number of halogens is 1. The van der Waals surface area contributed by atoms with Crippen LogP contribution < -0.4 is 0 Å². The number of hydrogen-bond donors (Lipinski definition) is 1. The molecule has 0 spiro atoms. The van der Waals surface area contributed by atoms with E-state index in [4.69, 9.17) is 4.74 Å². The number of aliphatic hydroxyl groups excluding tert-OH is 1. The fourth-order valence-corrected chi connectivity index (χ4v) is 3.41. The average Bonchev–Trinajstić information content (AvgIpc) is 2.92. The highest BCUT2D eigenvalue weighted by atomic mass is 32.1. The van der Waals surface area contributed by atoms with Gasteiger partial charge in [-0.05, 0) is 50.6 Å². The van der Waals surface area contributed by atoms with Gasteiger partial charge in [-0.15, -0.1) is 11.3 Å². The molecule has 0 aliphatic rings. The summed E-state index contributed by atoms with van der Waals surface area (Å²) in [6, 6.07) is 10.8. The summed E-state index contributed by atoms with van der Waals surface area (Å²) in [5, 5.41) is 10.3. The maximum atomic E-state index is 13.1. The van der Waals surface area contributed by atoms with Crippen molar-refractivity contribution in [2.75, 3.05) is 13.2 Å². The van der Waals surface area contributed by atoms with E-state index in [1.807, 2.05) is 13.8 Å². The highest BCUT2D eigenvalue weighted by molar-refractivity contribution is 7.11. The van der Waals surface area contributed by atoms with Crippen LogP contribution in [0, 0.1) is 12.7 Å². The summed E-state index contributed by atoms with van der Waals surface area (Å²) >= 11 is 1.76. The maximum Gasteiger partial charge on any atom is 0.123 e. The molecule has 0 saturated carbocycles. The molecule has 3 nitrogen and oxygen atoms in total. The van der Waals surface area contributed by atoms with Crippen molar-refractivity contribution >= 4 is 11.3 Å². The minimum absolute atomic E-state index is 0.102. The first-order chi connectivity index (χ1) is 11.4. The summed E-state index contributed by atoms with van der Waals surface area (Å²) in [5.74, 6) is -0.232. The van der Waals surface area contributed by atoms with Crippen LogP contribution in [0.5, 0.6) is 0 Å². The zero-order valence-corrected chi connectivity index (χ0v) is 15.4. The van der Waals surface area contributed by atoms with Gasteiger partial charge in [-0.2, -0.15) is 0 Å². The summed E-state index contributed by atoms with van der Waals surface area (Å²) in [7, 11) is 0. The highest BCUT2D eigenvalue weighted by Crippen LogP contribution is 2.19. The molecule has 1 heterocycles. The molecule has 2 rings (SSSR count). The normalized spacial score (nSPS) is 13.0. The summed E-state index contributed by atoms with van der Waals surface area (Å²) < 4.78 is 18.6. The van der Waals surface area contributed by atoms with Crippen molar-refractivity contribution in [2.45, 2.75) is 46.1 Å². The Morgan fingerprint density at radius 2 is 1.83 bits per heavy atom. The molecule has 132 valence electrons. The van der Waals surface area contributed by atoms with E-state index in [1.54, 1.807) is 23.5 Å². The minimum Gasteiger partial charge on any atom is -0.389 e. The highest BCUT2D eigenvalue weighted by Gasteiger charge is 2.15. The van der Waals surface area contributed by atoms with Crippen molar-refractivity contribution in [2.24, 2.45) is 0 Å². The van der Waals surface area contributed by atoms with E-state index in [-0.39, 0.29) is 11.9 Å². The van der Waals surface area contributed by atoms with Gasteiger partial charge in [-0.1, -0.05) is 12.1 Å². The fourth-order valence-electron chi connectivity index (χ4n) is 2.48. The molecule has 1 atom stereocenters. The Hall–Kier alpha value is -1.27. The quantitative estimate of drug-likeness (QED) is 0.742. The zero-order chi connectivity index (χ0) is 17.5. The van der Waals surface area contributed by atoms with Crippen LogP contribution in [0.4, 0.5) is 4.39 Å². The van der Waals surface area contributed by atoms with E-state index in [0.29, 0.717) is 19.7 Å². The molecule has 0 aliphatic carbocycles. The summed E-state index contributed by atoms with van der Waals surface area (Å²) in [6.07, 6.45) is -0.445. The standard InChI is InChI=1S/C19H26FNO2S/c1-14(2)23-13-18(22)11-21(12-19-9-4-15(3)24-19)10-16-5-7-17(20)8-6-16/h4-9,14,18,22H,10-13H2,1-3H3. The van der Waals surface area contributed by atoms with Crippen molar-refractivity contribution in [1.29, 1.82) is 0 Å². The molecule has 1 aromatic carbocycles. The van der Waals surface area contributed by atoms with Crippen molar-refractivity contribution in [3.8, 4) is 0 Å². The summed E-state index contributed by atoms with van der Waals surface area (Å²) in [5.41, 5.74) is 1.03. The van der Waals surface area contributed by atoms with Crippen LogP contribution in [-0.4, -0.2) is 35.4 Å². The first-order valence-electron chi connectivity index (χ1n) is 8.24. The lowest BCUT2D eigenvalue weighted by Crippen LogP contribution is -2.34. The van der Waals surface area contributed by atoms with E-state index >= 15 is 0 Å². The maximum absolute atomic E-state index is 13.1. The molecule has 0 amide bonds. The molecule has 0 aliphatic heterocycles. The molecular weight excluding hydrogens is 325 g/mol. The summed E-state index contributed by atoms with van der Waals surface area (Å²) in [4.78, 5) is 4.70. The second kappa shape index (κ2) is 9.28. The lowest BCUT2D eigenvalue weighted by atomic mass is 10.2. The molecule has 1 unspecified atom stereocenters. The topological polar surface area (TPSA) is 32.7 Å². The average molecular weight is 351 g/mol. The van der Waals surface area contributed by atoms with Crippen molar-refractivity contribution < 1.29 is 14.2 Å². The fraction of sp³-hybridized carbons (Fsp3) is 0.474. The Labute approximate surface area is 147 Å². The van der Waals surface area contributed by atoms with Crippen LogP contribution in [0.15, 0.2) is 36.4 Å². The first kappa shape index (κ1) is 19.1. The van der Waals surface area contributed by atoms with Crippen molar-refractivity contribution in [1.82, 2.24) is 4.90 Å². The molecule has 0 saturated heterocycles. The largest absolute Gasteiger partial charge is 0.389 e. The van der Waals surface area contributed by atoms with Gasteiger partial charge in [0.05, 0.1) is 18.8 Å². The van der Waals surface area contributed by atoms with Gasteiger partial charge in [0.1, 0.15) is 5.82 Å². The van der Waals surface area contributed by atoms with Gasteiger partial charge in [0.25, 0.3) is 0 Å². The first-order valence-corrected chi connectivity index (χ1v) is 9.06. The number of ether oxygens (including phenoxy) is 1. The number of nitrogens with zero attached hydrogens (tertiary/aromatic N) is 1. The second-order valence-electron chi connectivity index (χ2n) is 6.34. The van der Waals surface area contributed by atoms with Crippen LogP contribution in [0.25, 0.3) is 0 Å². The number of hydrogen-bond acceptors (Lipinski definition) is 4. The molecule has 1 N–H and O–H groups in total. The number of thiophene rings is 1. The van der Waals surface area contributed by atoms with E-state index in [9.17, 15) is 9.50 Å². The number of aliphatic hydroxyl groups is 1.